The van der Waals surface area contributed by atoms with Gasteiger partial charge in [-0.05, 0) is 25.0 Å². The van der Waals surface area contributed by atoms with Crippen molar-refractivity contribution in [2.75, 3.05) is 19.6 Å². The Morgan fingerprint density at radius 1 is 1.24 bits per heavy atom. The van der Waals surface area contributed by atoms with Crippen LogP contribution in [0.15, 0.2) is 30.3 Å². The number of likely N-dealkylation sites (tertiary alicyclic amines) is 1. The molecule has 0 bridgehead atoms. The number of benzene rings is 1. The van der Waals surface area contributed by atoms with E-state index in [4.69, 9.17) is 5.11 Å². The molecular formula is C15H18N2O4. The number of hydrogen-bond donors (Lipinski definition) is 2. The maximum absolute atomic E-state index is 12.3. The Morgan fingerprint density at radius 2 is 1.95 bits per heavy atom. The Kier molecular flexibility index (Phi) is 4.92. The maximum Gasteiger partial charge on any atom is 0.322 e. The molecule has 6 heteroatoms. The number of carbonyl (C=O) groups is 3. The Labute approximate surface area is 122 Å². The monoisotopic (exact) mass is 290 g/mol. The first-order chi connectivity index (χ1) is 10.1. The van der Waals surface area contributed by atoms with Gasteiger partial charge in [-0.3, -0.25) is 14.4 Å². The lowest BCUT2D eigenvalue weighted by Gasteiger charge is -2.32. The number of rotatable bonds is 4. The van der Waals surface area contributed by atoms with Crippen molar-refractivity contribution >= 4 is 17.8 Å². The molecular weight excluding hydrogens is 272 g/mol. The molecule has 21 heavy (non-hydrogen) atoms. The Hall–Kier alpha value is -2.37. The Balaban J connectivity index is 1.96. The van der Waals surface area contributed by atoms with Gasteiger partial charge >= 0.3 is 5.97 Å². The first kappa shape index (κ1) is 15.0. The molecule has 2 N–H and O–H groups in total. The van der Waals surface area contributed by atoms with Crippen LogP contribution in [0.2, 0.25) is 0 Å². The number of carboxylic acid groups (broad SMARTS) is 1. The highest BCUT2D eigenvalue weighted by atomic mass is 16.4. The van der Waals surface area contributed by atoms with Crippen LogP contribution in [-0.2, 0) is 9.59 Å². The number of carboxylic acids is 1. The van der Waals surface area contributed by atoms with Crippen LogP contribution >= 0.6 is 0 Å². The first-order valence-corrected chi connectivity index (χ1v) is 6.92. The van der Waals surface area contributed by atoms with E-state index in [0.29, 0.717) is 25.1 Å². The van der Waals surface area contributed by atoms with Crippen molar-refractivity contribution in [1.82, 2.24) is 10.2 Å². The zero-order valence-corrected chi connectivity index (χ0v) is 11.6. The van der Waals surface area contributed by atoms with Crippen LogP contribution in [0, 0.1) is 5.92 Å². The molecule has 1 heterocycles. The molecule has 0 radical (unpaired) electrons. The number of aliphatic carboxylic acids is 1. The second kappa shape index (κ2) is 6.88. The summed E-state index contributed by atoms with van der Waals surface area (Å²) in [5.41, 5.74) is 0.601. The number of amides is 2. The molecule has 0 saturated carbocycles. The van der Waals surface area contributed by atoms with E-state index in [2.05, 4.69) is 5.32 Å². The lowest BCUT2D eigenvalue weighted by atomic mass is 9.96. The summed E-state index contributed by atoms with van der Waals surface area (Å²) in [7, 11) is 0. The van der Waals surface area contributed by atoms with Crippen LogP contribution in [0.1, 0.15) is 23.2 Å². The van der Waals surface area contributed by atoms with Crippen molar-refractivity contribution in [3.8, 4) is 0 Å². The van der Waals surface area contributed by atoms with E-state index in [0.717, 1.165) is 6.42 Å². The Morgan fingerprint density at radius 3 is 2.62 bits per heavy atom. The fourth-order valence-corrected chi connectivity index (χ4v) is 2.45. The molecule has 0 aliphatic carbocycles. The summed E-state index contributed by atoms with van der Waals surface area (Å²) >= 11 is 0. The van der Waals surface area contributed by atoms with Crippen LogP contribution < -0.4 is 5.32 Å². The van der Waals surface area contributed by atoms with Crippen molar-refractivity contribution in [3.05, 3.63) is 35.9 Å². The summed E-state index contributed by atoms with van der Waals surface area (Å²) in [6.45, 7) is 0.567. The van der Waals surface area contributed by atoms with E-state index < -0.39 is 5.97 Å². The van der Waals surface area contributed by atoms with Gasteiger partial charge in [-0.25, -0.2) is 0 Å². The zero-order chi connectivity index (χ0) is 15.2. The number of nitrogens with zero attached hydrogens (tertiary/aromatic N) is 1. The predicted molar refractivity (Wildman–Crippen MR) is 75.7 cm³/mol. The number of hydrogen-bond acceptors (Lipinski definition) is 3. The third kappa shape index (κ3) is 4.05. The standard InChI is InChI=1S/C15H18N2O4/c18-13(19)9-16-14(20)12-7-4-8-17(10-12)15(21)11-5-2-1-3-6-11/h1-3,5-6,12H,4,7-10H2,(H,16,20)(H,18,19). The van der Waals surface area contributed by atoms with Crippen LogP contribution in [0.25, 0.3) is 0 Å². The van der Waals surface area contributed by atoms with Gasteiger partial charge in [0.1, 0.15) is 6.54 Å². The number of piperidine rings is 1. The van der Waals surface area contributed by atoms with Gasteiger partial charge in [0.25, 0.3) is 5.91 Å². The van der Waals surface area contributed by atoms with Crippen molar-refractivity contribution in [2.45, 2.75) is 12.8 Å². The molecule has 1 atom stereocenters. The van der Waals surface area contributed by atoms with Gasteiger partial charge in [-0.15, -0.1) is 0 Å². The third-order valence-corrected chi connectivity index (χ3v) is 3.51. The van der Waals surface area contributed by atoms with Gasteiger partial charge < -0.3 is 15.3 Å². The molecule has 1 aliphatic rings. The van der Waals surface area contributed by atoms with E-state index in [-0.39, 0.29) is 24.3 Å². The lowest BCUT2D eigenvalue weighted by molar-refractivity contribution is -0.138. The lowest BCUT2D eigenvalue weighted by Crippen LogP contribution is -2.46. The highest BCUT2D eigenvalue weighted by Gasteiger charge is 2.28. The third-order valence-electron chi connectivity index (χ3n) is 3.51. The molecule has 0 spiro atoms. The minimum atomic E-state index is -1.07. The zero-order valence-electron chi connectivity index (χ0n) is 11.6. The highest BCUT2D eigenvalue weighted by Crippen LogP contribution is 2.18. The first-order valence-electron chi connectivity index (χ1n) is 6.92. The summed E-state index contributed by atoms with van der Waals surface area (Å²) in [4.78, 5) is 36.4. The summed E-state index contributed by atoms with van der Waals surface area (Å²) < 4.78 is 0. The SMILES string of the molecule is O=C(O)CNC(=O)C1CCCN(C(=O)c2ccccc2)C1. The molecule has 1 unspecified atom stereocenters. The van der Waals surface area contributed by atoms with E-state index in [1.54, 1.807) is 29.2 Å². The normalized spacial score (nSPS) is 18.1. The fourth-order valence-electron chi connectivity index (χ4n) is 2.45. The van der Waals surface area contributed by atoms with E-state index in [9.17, 15) is 14.4 Å². The largest absolute Gasteiger partial charge is 0.480 e. The van der Waals surface area contributed by atoms with E-state index in [1.165, 1.54) is 0 Å². The molecule has 2 amide bonds. The van der Waals surface area contributed by atoms with Gasteiger partial charge in [-0.2, -0.15) is 0 Å². The second-order valence-electron chi connectivity index (χ2n) is 5.07. The van der Waals surface area contributed by atoms with Gasteiger partial charge in [0, 0.05) is 18.7 Å². The smallest absolute Gasteiger partial charge is 0.322 e. The van der Waals surface area contributed by atoms with E-state index in [1.807, 2.05) is 6.07 Å². The van der Waals surface area contributed by atoms with Crippen molar-refractivity contribution < 1.29 is 19.5 Å². The number of nitrogens with one attached hydrogen (secondary N) is 1. The Bertz CT molecular complexity index is 530. The average Bonchev–Trinajstić information content (AvgIpc) is 2.52. The molecule has 1 aliphatic heterocycles. The highest BCUT2D eigenvalue weighted by molar-refractivity contribution is 5.94. The quantitative estimate of drug-likeness (QED) is 0.856. The minimum Gasteiger partial charge on any atom is -0.480 e. The summed E-state index contributed by atoms with van der Waals surface area (Å²) in [6, 6.07) is 8.94. The number of carbonyl (C=O) groups excluding carboxylic acids is 2. The predicted octanol–water partition coefficient (Wildman–Crippen LogP) is 0.740. The van der Waals surface area contributed by atoms with Crippen molar-refractivity contribution in [1.29, 1.82) is 0 Å². The second-order valence-corrected chi connectivity index (χ2v) is 5.07. The molecule has 1 fully saturated rings. The molecule has 2 rings (SSSR count). The summed E-state index contributed by atoms with van der Waals surface area (Å²) in [5.74, 6) is -1.81. The van der Waals surface area contributed by atoms with Crippen LogP contribution in [0.4, 0.5) is 0 Å². The van der Waals surface area contributed by atoms with Crippen LogP contribution in [0.3, 0.4) is 0 Å². The molecule has 1 saturated heterocycles. The van der Waals surface area contributed by atoms with Gasteiger partial charge in [0.15, 0.2) is 0 Å². The van der Waals surface area contributed by atoms with Crippen molar-refractivity contribution in [2.24, 2.45) is 5.92 Å². The molecule has 0 aromatic heterocycles. The molecule has 1 aromatic carbocycles. The van der Waals surface area contributed by atoms with Gasteiger partial charge in [-0.1, -0.05) is 18.2 Å². The molecule has 6 nitrogen and oxygen atoms in total. The van der Waals surface area contributed by atoms with Crippen LogP contribution in [-0.4, -0.2) is 47.4 Å². The van der Waals surface area contributed by atoms with E-state index >= 15 is 0 Å². The summed E-state index contributed by atoms with van der Waals surface area (Å²) in [6.07, 6.45) is 1.41. The molecule has 112 valence electrons. The van der Waals surface area contributed by atoms with Crippen molar-refractivity contribution in [3.63, 3.8) is 0 Å². The fraction of sp³-hybridized carbons (Fsp3) is 0.400. The molecule has 1 aromatic rings. The summed E-state index contributed by atoms with van der Waals surface area (Å²) in [5, 5.41) is 10.9. The van der Waals surface area contributed by atoms with Gasteiger partial charge in [0.2, 0.25) is 5.91 Å². The minimum absolute atomic E-state index is 0.0914. The van der Waals surface area contributed by atoms with Crippen LogP contribution in [0.5, 0.6) is 0 Å². The maximum atomic E-state index is 12.3. The average molecular weight is 290 g/mol. The van der Waals surface area contributed by atoms with Gasteiger partial charge in [0.05, 0.1) is 5.92 Å². The topological polar surface area (TPSA) is 86.7 Å².